The highest BCUT2D eigenvalue weighted by atomic mass is 16.2. The summed E-state index contributed by atoms with van der Waals surface area (Å²) in [6, 6.07) is 0. The van der Waals surface area contributed by atoms with Crippen molar-refractivity contribution in [3.8, 4) is 0 Å². The Labute approximate surface area is 70.3 Å². The molecule has 1 aliphatic rings. The van der Waals surface area contributed by atoms with Gasteiger partial charge in [-0.05, 0) is 0 Å². The smallest absolute Gasteiger partial charge is 0.229 e. The summed E-state index contributed by atoms with van der Waals surface area (Å²) in [6.45, 7) is 7.04. The zero-order chi connectivity index (χ0) is 9.14. The maximum absolute atomic E-state index is 11.0. The quantitative estimate of drug-likeness (QED) is 0.499. The SMILES string of the molecule is C=C1CC(=O)NC(=C)NC(=O)C1. The number of nitrogens with one attached hydrogen (secondary N) is 2. The summed E-state index contributed by atoms with van der Waals surface area (Å²) in [6.07, 6.45) is 0.374. The predicted molar refractivity (Wildman–Crippen MR) is 43.8 cm³/mol. The van der Waals surface area contributed by atoms with E-state index in [9.17, 15) is 9.59 Å². The molecule has 1 aliphatic heterocycles. The molecule has 0 spiro atoms. The molecule has 0 bridgehead atoms. The van der Waals surface area contributed by atoms with E-state index >= 15 is 0 Å². The summed E-state index contributed by atoms with van der Waals surface area (Å²) in [4.78, 5) is 22.0. The Hall–Kier alpha value is -1.58. The molecule has 1 heterocycles. The van der Waals surface area contributed by atoms with Crippen molar-refractivity contribution in [1.29, 1.82) is 0 Å². The molecule has 0 saturated carbocycles. The fraction of sp³-hybridized carbons (Fsp3) is 0.250. The fourth-order valence-electron chi connectivity index (χ4n) is 0.973. The highest BCUT2D eigenvalue weighted by Crippen LogP contribution is 2.06. The molecule has 0 aromatic heterocycles. The van der Waals surface area contributed by atoms with E-state index in [1.807, 2.05) is 0 Å². The lowest BCUT2D eigenvalue weighted by atomic mass is 10.1. The molecule has 2 N–H and O–H groups in total. The van der Waals surface area contributed by atoms with Crippen LogP contribution in [-0.2, 0) is 9.59 Å². The number of hydrogen-bond donors (Lipinski definition) is 2. The van der Waals surface area contributed by atoms with Gasteiger partial charge in [0.05, 0.1) is 0 Å². The number of hydrogen-bond acceptors (Lipinski definition) is 2. The van der Waals surface area contributed by atoms with Crippen LogP contribution < -0.4 is 10.6 Å². The predicted octanol–water partition coefficient (Wildman–Crippen LogP) is 0.0400. The van der Waals surface area contributed by atoms with Crippen molar-refractivity contribution in [3.05, 3.63) is 24.6 Å². The first-order valence-corrected chi connectivity index (χ1v) is 3.53. The average molecular weight is 166 g/mol. The molecular formula is C8H10N2O2. The van der Waals surface area contributed by atoms with E-state index in [1.165, 1.54) is 0 Å². The molecule has 2 amide bonds. The lowest BCUT2D eigenvalue weighted by Crippen LogP contribution is -2.37. The van der Waals surface area contributed by atoms with Gasteiger partial charge in [0.15, 0.2) is 0 Å². The van der Waals surface area contributed by atoms with Crippen LogP contribution in [-0.4, -0.2) is 11.8 Å². The monoisotopic (exact) mass is 166 g/mol. The molecule has 0 aromatic carbocycles. The van der Waals surface area contributed by atoms with Crippen LogP contribution in [0.1, 0.15) is 12.8 Å². The molecule has 4 heteroatoms. The number of rotatable bonds is 0. The second-order valence-electron chi connectivity index (χ2n) is 2.68. The van der Waals surface area contributed by atoms with Gasteiger partial charge in [-0.25, -0.2) is 0 Å². The molecule has 0 aromatic rings. The van der Waals surface area contributed by atoms with Crippen molar-refractivity contribution in [2.75, 3.05) is 0 Å². The van der Waals surface area contributed by atoms with Crippen LogP contribution in [0.2, 0.25) is 0 Å². The summed E-state index contributed by atoms with van der Waals surface area (Å²) in [7, 11) is 0. The molecule has 0 aliphatic carbocycles. The van der Waals surface area contributed by atoms with E-state index < -0.39 is 0 Å². The largest absolute Gasteiger partial charge is 0.312 e. The van der Waals surface area contributed by atoms with Crippen LogP contribution >= 0.6 is 0 Å². The first-order chi connectivity index (χ1) is 5.58. The van der Waals surface area contributed by atoms with E-state index in [0.29, 0.717) is 5.57 Å². The molecule has 4 nitrogen and oxygen atoms in total. The summed E-state index contributed by atoms with van der Waals surface area (Å²) < 4.78 is 0. The minimum absolute atomic E-state index is 0.187. The third-order valence-electron chi connectivity index (χ3n) is 1.40. The van der Waals surface area contributed by atoms with Gasteiger partial charge >= 0.3 is 0 Å². The van der Waals surface area contributed by atoms with Crippen LogP contribution in [0.5, 0.6) is 0 Å². The van der Waals surface area contributed by atoms with Crippen LogP contribution in [0.25, 0.3) is 0 Å². The third kappa shape index (κ3) is 2.23. The van der Waals surface area contributed by atoms with Crippen molar-refractivity contribution in [3.63, 3.8) is 0 Å². The summed E-state index contributed by atoms with van der Waals surface area (Å²) in [5.74, 6) is -0.146. The van der Waals surface area contributed by atoms with E-state index in [1.54, 1.807) is 0 Å². The average Bonchev–Trinajstić information content (AvgIpc) is 1.81. The summed E-state index contributed by atoms with van der Waals surface area (Å²) in [5, 5.41) is 4.83. The van der Waals surface area contributed by atoms with Crippen LogP contribution in [0.15, 0.2) is 24.6 Å². The van der Waals surface area contributed by atoms with Gasteiger partial charge in [-0.3, -0.25) is 9.59 Å². The van der Waals surface area contributed by atoms with Gasteiger partial charge in [0.25, 0.3) is 0 Å². The Kier molecular flexibility index (Phi) is 2.28. The topological polar surface area (TPSA) is 58.2 Å². The van der Waals surface area contributed by atoms with Gasteiger partial charge in [0.1, 0.15) is 5.82 Å². The van der Waals surface area contributed by atoms with Crippen LogP contribution in [0.4, 0.5) is 0 Å². The van der Waals surface area contributed by atoms with Crippen molar-refractivity contribution in [1.82, 2.24) is 10.6 Å². The molecule has 0 radical (unpaired) electrons. The minimum atomic E-state index is -0.190. The molecule has 0 unspecified atom stereocenters. The Morgan fingerprint density at radius 2 is 1.42 bits per heavy atom. The first-order valence-electron chi connectivity index (χ1n) is 3.53. The van der Waals surface area contributed by atoms with E-state index in [2.05, 4.69) is 23.8 Å². The van der Waals surface area contributed by atoms with Crippen LogP contribution in [0, 0.1) is 0 Å². The normalized spacial score (nSPS) is 19.3. The number of carbonyl (C=O) groups excluding carboxylic acids is 2. The number of amides is 2. The van der Waals surface area contributed by atoms with Crippen molar-refractivity contribution in [2.24, 2.45) is 0 Å². The first kappa shape index (κ1) is 8.52. The lowest BCUT2D eigenvalue weighted by molar-refractivity contribution is -0.122. The highest BCUT2D eigenvalue weighted by molar-refractivity contribution is 5.87. The van der Waals surface area contributed by atoms with E-state index in [-0.39, 0.29) is 30.5 Å². The Bertz CT molecular complexity index is 196. The van der Waals surface area contributed by atoms with Gasteiger partial charge in [-0.2, -0.15) is 0 Å². The molecule has 64 valence electrons. The molecule has 0 atom stereocenters. The molecule has 12 heavy (non-hydrogen) atoms. The van der Waals surface area contributed by atoms with Crippen molar-refractivity contribution in [2.45, 2.75) is 12.8 Å². The zero-order valence-corrected chi connectivity index (χ0v) is 6.64. The van der Waals surface area contributed by atoms with Crippen LogP contribution in [0.3, 0.4) is 0 Å². The van der Waals surface area contributed by atoms with Gasteiger partial charge in [0, 0.05) is 12.8 Å². The second kappa shape index (κ2) is 3.21. The maximum atomic E-state index is 11.0. The van der Waals surface area contributed by atoms with Gasteiger partial charge in [-0.15, -0.1) is 0 Å². The molecule has 1 fully saturated rings. The summed E-state index contributed by atoms with van der Waals surface area (Å²) >= 11 is 0. The molecule has 1 rings (SSSR count). The van der Waals surface area contributed by atoms with Gasteiger partial charge in [0.2, 0.25) is 11.8 Å². The molecule has 1 saturated heterocycles. The fourth-order valence-corrected chi connectivity index (χ4v) is 0.973. The van der Waals surface area contributed by atoms with E-state index in [0.717, 1.165) is 0 Å². The molecular weight excluding hydrogens is 156 g/mol. The van der Waals surface area contributed by atoms with Gasteiger partial charge in [-0.1, -0.05) is 18.7 Å². The summed E-state index contributed by atoms with van der Waals surface area (Å²) in [5.41, 5.74) is 0.609. The highest BCUT2D eigenvalue weighted by Gasteiger charge is 2.14. The second-order valence-corrected chi connectivity index (χ2v) is 2.68. The minimum Gasteiger partial charge on any atom is -0.312 e. The van der Waals surface area contributed by atoms with Crippen molar-refractivity contribution < 1.29 is 9.59 Å². The lowest BCUT2D eigenvalue weighted by Gasteiger charge is -2.14. The van der Waals surface area contributed by atoms with Crippen molar-refractivity contribution >= 4 is 11.8 Å². The van der Waals surface area contributed by atoms with E-state index in [4.69, 9.17) is 0 Å². The maximum Gasteiger partial charge on any atom is 0.229 e. The Morgan fingerprint density at radius 1 is 1.00 bits per heavy atom. The zero-order valence-electron chi connectivity index (χ0n) is 6.64. The van der Waals surface area contributed by atoms with Gasteiger partial charge < -0.3 is 10.6 Å². The number of carbonyl (C=O) groups is 2. The standard InChI is InChI=1S/C8H10N2O2/c1-5-3-7(11)9-6(2)10-8(12)4-5/h1-4H2,(H,9,11)(H,10,12). The Morgan fingerprint density at radius 3 is 1.83 bits per heavy atom. The third-order valence-corrected chi connectivity index (χ3v) is 1.40. The Balaban J connectivity index is 2.69.